The highest BCUT2D eigenvalue weighted by Crippen LogP contribution is 2.21. The molecule has 3 N–H and O–H groups in total. The fourth-order valence-electron chi connectivity index (χ4n) is 3.10. The van der Waals surface area contributed by atoms with Gasteiger partial charge in [-0.1, -0.05) is 18.2 Å². The van der Waals surface area contributed by atoms with Crippen LogP contribution in [0.1, 0.15) is 35.3 Å². The number of amides is 1. The normalized spacial score (nSPS) is 22.3. The van der Waals surface area contributed by atoms with Crippen molar-refractivity contribution in [3.05, 3.63) is 47.8 Å². The van der Waals surface area contributed by atoms with Gasteiger partial charge in [0.2, 0.25) is 0 Å². The summed E-state index contributed by atoms with van der Waals surface area (Å²) in [4.78, 5) is 14.3. The highest BCUT2D eigenvalue weighted by Gasteiger charge is 2.22. The third-order valence-electron chi connectivity index (χ3n) is 4.66. The SMILES string of the molecule is O=C(c1ccn[nH]1)N1CCCCc2ccccc2OC[C@@H](O)[C@@H](O)CC1. The zero-order valence-corrected chi connectivity index (χ0v) is 14.7. The van der Waals surface area contributed by atoms with Gasteiger partial charge in [-0.3, -0.25) is 9.89 Å². The molecular weight excluding hydrogens is 334 g/mol. The van der Waals surface area contributed by atoms with E-state index in [-0.39, 0.29) is 18.9 Å². The van der Waals surface area contributed by atoms with Crippen molar-refractivity contribution in [1.29, 1.82) is 0 Å². The molecule has 26 heavy (non-hydrogen) atoms. The number of hydrogen-bond donors (Lipinski definition) is 3. The molecule has 140 valence electrons. The number of benzene rings is 1. The number of aliphatic hydroxyl groups is 2. The van der Waals surface area contributed by atoms with Gasteiger partial charge in [-0.25, -0.2) is 0 Å². The molecular formula is C19H25N3O4. The highest BCUT2D eigenvalue weighted by molar-refractivity contribution is 5.92. The first-order valence-corrected chi connectivity index (χ1v) is 9.00. The zero-order chi connectivity index (χ0) is 18.4. The van der Waals surface area contributed by atoms with Gasteiger partial charge >= 0.3 is 0 Å². The molecule has 1 aromatic carbocycles. The number of para-hydroxylation sites is 1. The van der Waals surface area contributed by atoms with Crippen LogP contribution in [0.25, 0.3) is 0 Å². The van der Waals surface area contributed by atoms with Crippen molar-refractivity contribution in [3.8, 4) is 5.75 Å². The van der Waals surface area contributed by atoms with E-state index < -0.39 is 12.2 Å². The maximum Gasteiger partial charge on any atom is 0.271 e. The Morgan fingerprint density at radius 3 is 2.81 bits per heavy atom. The lowest BCUT2D eigenvalue weighted by Crippen LogP contribution is -2.38. The number of fused-ring (bicyclic) bond motifs is 1. The third kappa shape index (κ3) is 4.62. The monoisotopic (exact) mass is 359 g/mol. The number of H-pyrrole nitrogens is 1. The number of aromatic amines is 1. The number of nitrogens with one attached hydrogen (secondary N) is 1. The Morgan fingerprint density at radius 1 is 1.15 bits per heavy atom. The largest absolute Gasteiger partial charge is 0.491 e. The Balaban J connectivity index is 1.73. The number of hydrogen-bond acceptors (Lipinski definition) is 5. The quantitative estimate of drug-likeness (QED) is 0.714. The van der Waals surface area contributed by atoms with E-state index >= 15 is 0 Å². The van der Waals surface area contributed by atoms with Gasteiger partial charge in [-0.05, 0) is 43.4 Å². The Morgan fingerprint density at radius 2 is 2.00 bits per heavy atom. The van der Waals surface area contributed by atoms with E-state index in [0.717, 1.165) is 30.6 Å². The Hall–Kier alpha value is -2.38. The van der Waals surface area contributed by atoms with Crippen molar-refractivity contribution < 1.29 is 19.7 Å². The van der Waals surface area contributed by atoms with Gasteiger partial charge in [0.25, 0.3) is 5.91 Å². The van der Waals surface area contributed by atoms with Crippen molar-refractivity contribution in [2.24, 2.45) is 0 Å². The van der Waals surface area contributed by atoms with E-state index in [9.17, 15) is 15.0 Å². The fourth-order valence-corrected chi connectivity index (χ4v) is 3.10. The minimum Gasteiger partial charge on any atom is -0.491 e. The summed E-state index contributed by atoms with van der Waals surface area (Å²) in [5.41, 5.74) is 1.50. The molecule has 3 rings (SSSR count). The topological polar surface area (TPSA) is 98.7 Å². The van der Waals surface area contributed by atoms with Gasteiger partial charge in [-0.2, -0.15) is 5.10 Å². The zero-order valence-electron chi connectivity index (χ0n) is 14.7. The van der Waals surface area contributed by atoms with Crippen molar-refractivity contribution in [1.82, 2.24) is 15.1 Å². The molecule has 2 atom stereocenters. The molecule has 2 heterocycles. The molecule has 0 saturated carbocycles. The van der Waals surface area contributed by atoms with Crippen LogP contribution in [0.15, 0.2) is 36.5 Å². The molecule has 1 aliphatic rings. The number of carbonyl (C=O) groups is 1. The lowest BCUT2D eigenvalue weighted by Gasteiger charge is -2.24. The van der Waals surface area contributed by atoms with Crippen molar-refractivity contribution in [3.63, 3.8) is 0 Å². The molecule has 1 amide bonds. The van der Waals surface area contributed by atoms with Crippen LogP contribution in [-0.2, 0) is 6.42 Å². The molecule has 1 aromatic heterocycles. The molecule has 0 spiro atoms. The first kappa shape index (κ1) is 18.4. The summed E-state index contributed by atoms with van der Waals surface area (Å²) in [6, 6.07) is 9.37. The number of ether oxygens (including phenoxy) is 1. The third-order valence-corrected chi connectivity index (χ3v) is 4.66. The number of rotatable bonds is 1. The minimum absolute atomic E-state index is 0.0205. The Labute approximate surface area is 152 Å². The summed E-state index contributed by atoms with van der Waals surface area (Å²) in [5.74, 6) is 0.596. The summed E-state index contributed by atoms with van der Waals surface area (Å²) < 4.78 is 5.71. The fraction of sp³-hybridized carbons (Fsp3) is 0.474. The molecule has 0 unspecified atom stereocenters. The van der Waals surface area contributed by atoms with Crippen LogP contribution in [-0.4, -0.2) is 63.1 Å². The molecule has 0 bridgehead atoms. The molecule has 2 aromatic rings. The van der Waals surface area contributed by atoms with Crippen LogP contribution in [0.3, 0.4) is 0 Å². The maximum atomic E-state index is 12.6. The predicted octanol–water partition coefficient (Wildman–Crippen LogP) is 1.38. The van der Waals surface area contributed by atoms with Gasteiger partial charge in [0.15, 0.2) is 0 Å². The molecule has 0 saturated heterocycles. The molecule has 1 aliphatic heterocycles. The number of aryl methyl sites for hydroxylation is 1. The number of aliphatic hydroxyl groups excluding tert-OH is 2. The van der Waals surface area contributed by atoms with Crippen molar-refractivity contribution in [2.45, 2.75) is 37.9 Å². The van der Waals surface area contributed by atoms with Crippen molar-refractivity contribution >= 4 is 5.91 Å². The number of nitrogens with zero attached hydrogens (tertiary/aromatic N) is 2. The van der Waals surface area contributed by atoms with Crippen LogP contribution in [0, 0.1) is 0 Å². The average molecular weight is 359 g/mol. The van der Waals surface area contributed by atoms with E-state index in [1.165, 1.54) is 0 Å². The lowest BCUT2D eigenvalue weighted by atomic mass is 10.1. The first-order chi connectivity index (χ1) is 12.6. The highest BCUT2D eigenvalue weighted by atomic mass is 16.5. The van der Waals surface area contributed by atoms with Crippen LogP contribution in [0.4, 0.5) is 0 Å². The Kier molecular flexibility index (Phi) is 6.25. The van der Waals surface area contributed by atoms with Gasteiger partial charge in [-0.15, -0.1) is 0 Å². The van der Waals surface area contributed by atoms with E-state index in [4.69, 9.17) is 4.74 Å². The minimum atomic E-state index is -1.01. The predicted molar refractivity (Wildman–Crippen MR) is 96.0 cm³/mol. The second kappa shape index (κ2) is 8.82. The van der Waals surface area contributed by atoms with Crippen LogP contribution >= 0.6 is 0 Å². The summed E-state index contributed by atoms with van der Waals surface area (Å²) in [6.45, 7) is 0.972. The van der Waals surface area contributed by atoms with Gasteiger partial charge in [0, 0.05) is 19.3 Å². The lowest BCUT2D eigenvalue weighted by molar-refractivity contribution is -0.0150. The first-order valence-electron chi connectivity index (χ1n) is 9.00. The van der Waals surface area contributed by atoms with E-state index in [1.54, 1.807) is 17.2 Å². The van der Waals surface area contributed by atoms with Crippen LogP contribution < -0.4 is 4.74 Å². The van der Waals surface area contributed by atoms with E-state index in [0.29, 0.717) is 18.8 Å². The summed E-state index contributed by atoms with van der Waals surface area (Å²) >= 11 is 0. The van der Waals surface area contributed by atoms with Crippen molar-refractivity contribution in [2.75, 3.05) is 19.7 Å². The summed E-state index contributed by atoms with van der Waals surface area (Å²) in [5, 5.41) is 26.9. The second-order valence-corrected chi connectivity index (χ2v) is 6.56. The summed E-state index contributed by atoms with van der Waals surface area (Å²) in [6.07, 6.45) is 2.45. The molecule has 0 radical (unpaired) electrons. The standard InChI is InChI=1S/C19H25N3O4/c23-16-9-12-22(19(25)15-8-10-20-21-15)11-4-3-6-14-5-1-2-7-18(14)26-13-17(16)24/h1-2,5,7-8,10,16-17,23-24H,3-4,6,9,11-13H2,(H,20,21)/t16-,17+/m0/s1. The van der Waals surface area contributed by atoms with E-state index in [1.807, 2.05) is 24.3 Å². The smallest absolute Gasteiger partial charge is 0.271 e. The number of aromatic nitrogens is 2. The number of carbonyl (C=O) groups excluding carboxylic acids is 1. The molecule has 0 aliphatic carbocycles. The van der Waals surface area contributed by atoms with Gasteiger partial charge in [0.05, 0.1) is 6.10 Å². The average Bonchev–Trinajstić information content (AvgIpc) is 3.19. The van der Waals surface area contributed by atoms with Gasteiger partial charge < -0.3 is 19.8 Å². The summed E-state index contributed by atoms with van der Waals surface area (Å²) in [7, 11) is 0. The van der Waals surface area contributed by atoms with E-state index in [2.05, 4.69) is 10.2 Å². The van der Waals surface area contributed by atoms with Crippen LogP contribution in [0.5, 0.6) is 5.75 Å². The molecule has 7 heteroatoms. The van der Waals surface area contributed by atoms with Crippen LogP contribution in [0.2, 0.25) is 0 Å². The second-order valence-electron chi connectivity index (χ2n) is 6.56. The molecule has 0 fully saturated rings. The van der Waals surface area contributed by atoms with Gasteiger partial charge in [0.1, 0.15) is 24.2 Å². The molecule has 7 nitrogen and oxygen atoms in total. The maximum absolute atomic E-state index is 12.6. The Bertz CT molecular complexity index is 705.